The third-order valence-corrected chi connectivity index (χ3v) is 4.49. The highest BCUT2D eigenvalue weighted by molar-refractivity contribution is 5.90. The van der Waals surface area contributed by atoms with Crippen LogP contribution in [0.15, 0.2) is 48.5 Å². The maximum atomic E-state index is 12.2. The van der Waals surface area contributed by atoms with Crippen LogP contribution in [0.1, 0.15) is 23.1 Å². The molecule has 0 bridgehead atoms. The van der Waals surface area contributed by atoms with E-state index in [0.717, 1.165) is 37.3 Å². The second-order valence-corrected chi connectivity index (χ2v) is 6.62. The van der Waals surface area contributed by atoms with Gasteiger partial charge in [-0.2, -0.15) is 0 Å². The number of rotatable bonds is 4. The van der Waals surface area contributed by atoms with E-state index in [2.05, 4.69) is 52.8 Å². The lowest BCUT2D eigenvalue weighted by atomic mass is 10.1. The SMILES string of the molecule is Cc1ccc(NC(=O)NC2CCN(Cc3ccccc3)C2)c(C)c1. The number of nitrogens with zero attached hydrogens (tertiary/aromatic N) is 1. The third kappa shape index (κ3) is 4.36. The quantitative estimate of drug-likeness (QED) is 0.901. The average molecular weight is 323 g/mol. The number of hydrogen-bond donors (Lipinski definition) is 2. The molecular weight excluding hydrogens is 298 g/mol. The first-order valence-electron chi connectivity index (χ1n) is 8.51. The first-order chi connectivity index (χ1) is 11.6. The van der Waals surface area contributed by atoms with Gasteiger partial charge in [-0.25, -0.2) is 4.79 Å². The van der Waals surface area contributed by atoms with Crippen LogP contribution < -0.4 is 10.6 Å². The molecule has 0 aliphatic carbocycles. The number of hydrogen-bond acceptors (Lipinski definition) is 2. The first kappa shape index (κ1) is 16.5. The monoisotopic (exact) mass is 323 g/mol. The van der Waals surface area contributed by atoms with E-state index in [-0.39, 0.29) is 12.1 Å². The van der Waals surface area contributed by atoms with Crippen LogP contribution in [0.4, 0.5) is 10.5 Å². The van der Waals surface area contributed by atoms with E-state index < -0.39 is 0 Å². The molecule has 0 spiro atoms. The van der Waals surface area contributed by atoms with E-state index in [4.69, 9.17) is 0 Å². The van der Waals surface area contributed by atoms with Crippen LogP contribution in [0.3, 0.4) is 0 Å². The Morgan fingerprint density at radius 2 is 1.96 bits per heavy atom. The fourth-order valence-electron chi connectivity index (χ4n) is 3.23. The summed E-state index contributed by atoms with van der Waals surface area (Å²) >= 11 is 0. The fourth-order valence-corrected chi connectivity index (χ4v) is 3.23. The Morgan fingerprint density at radius 3 is 2.71 bits per heavy atom. The topological polar surface area (TPSA) is 44.4 Å². The molecule has 0 radical (unpaired) electrons. The predicted octanol–water partition coefficient (Wildman–Crippen LogP) is 3.70. The minimum atomic E-state index is -0.117. The van der Waals surface area contributed by atoms with Crippen molar-refractivity contribution in [2.75, 3.05) is 18.4 Å². The molecule has 4 heteroatoms. The highest BCUT2D eigenvalue weighted by Crippen LogP contribution is 2.17. The lowest BCUT2D eigenvalue weighted by Gasteiger charge is -2.17. The molecule has 1 heterocycles. The fraction of sp³-hybridized carbons (Fsp3) is 0.350. The number of aryl methyl sites for hydroxylation is 2. The van der Waals surface area contributed by atoms with Crippen molar-refractivity contribution in [3.8, 4) is 0 Å². The highest BCUT2D eigenvalue weighted by Gasteiger charge is 2.23. The second-order valence-electron chi connectivity index (χ2n) is 6.62. The van der Waals surface area contributed by atoms with Gasteiger partial charge in [0.1, 0.15) is 0 Å². The minimum absolute atomic E-state index is 0.117. The number of benzene rings is 2. The molecule has 24 heavy (non-hydrogen) atoms. The molecule has 1 atom stereocenters. The molecule has 1 aliphatic rings. The Labute approximate surface area is 143 Å². The second kappa shape index (κ2) is 7.49. The van der Waals surface area contributed by atoms with E-state index in [1.807, 2.05) is 25.1 Å². The summed E-state index contributed by atoms with van der Waals surface area (Å²) in [7, 11) is 0. The van der Waals surface area contributed by atoms with Crippen molar-refractivity contribution in [1.82, 2.24) is 10.2 Å². The van der Waals surface area contributed by atoms with Gasteiger partial charge in [-0.15, -0.1) is 0 Å². The molecule has 2 aromatic rings. The zero-order valence-electron chi connectivity index (χ0n) is 14.4. The number of urea groups is 1. The number of carbonyl (C=O) groups excluding carboxylic acids is 1. The van der Waals surface area contributed by atoms with Crippen LogP contribution in [0.5, 0.6) is 0 Å². The Bertz CT molecular complexity index is 699. The standard InChI is InChI=1S/C20H25N3O/c1-15-8-9-19(16(2)12-15)22-20(24)21-18-10-11-23(14-18)13-17-6-4-3-5-7-17/h3-9,12,18H,10-11,13-14H2,1-2H3,(H2,21,22,24). The third-order valence-electron chi connectivity index (χ3n) is 4.49. The summed E-state index contributed by atoms with van der Waals surface area (Å²) in [5, 5.41) is 6.05. The van der Waals surface area contributed by atoms with Gasteiger partial charge >= 0.3 is 6.03 Å². The summed E-state index contributed by atoms with van der Waals surface area (Å²) in [5.74, 6) is 0. The normalized spacial score (nSPS) is 17.7. The predicted molar refractivity (Wildman–Crippen MR) is 98.2 cm³/mol. The smallest absolute Gasteiger partial charge is 0.319 e. The van der Waals surface area contributed by atoms with Crippen LogP contribution in [-0.4, -0.2) is 30.1 Å². The van der Waals surface area contributed by atoms with Crippen LogP contribution in [-0.2, 0) is 6.54 Å². The molecule has 0 saturated carbocycles. The molecule has 0 aromatic heterocycles. The van der Waals surface area contributed by atoms with Gasteiger partial charge in [0.25, 0.3) is 0 Å². The molecule has 2 N–H and O–H groups in total. The number of anilines is 1. The molecule has 4 nitrogen and oxygen atoms in total. The maximum absolute atomic E-state index is 12.2. The van der Waals surface area contributed by atoms with Crippen molar-refractivity contribution in [3.63, 3.8) is 0 Å². The Morgan fingerprint density at radius 1 is 1.17 bits per heavy atom. The van der Waals surface area contributed by atoms with Crippen LogP contribution in [0, 0.1) is 13.8 Å². The lowest BCUT2D eigenvalue weighted by Crippen LogP contribution is -2.39. The van der Waals surface area contributed by atoms with Crippen LogP contribution in [0.2, 0.25) is 0 Å². The Kier molecular flexibility index (Phi) is 5.16. The number of likely N-dealkylation sites (tertiary alicyclic amines) is 1. The van der Waals surface area contributed by atoms with Gasteiger partial charge in [0.2, 0.25) is 0 Å². The van der Waals surface area contributed by atoms with Gasteiger partial charge in [0, 0.05) is 31.4 Å². The zero-order valence-corrected chi connectivity index (χ0v) is 14.4. The van der Waals surface area contributed by atoms with Gasteiger partial charge in [0.15, 0.2) is 0 Å². The molecule has 1 aliphatic heterocycles. The summed E-state index contributed by atoms with van der Waals surface area (Å²) in [6.07, 6.45) is 0.993. The Hall–Kier alpha value is -2.33. The van der Waals surface area contributed by atoms with E-state index in [1.165, 1.54) is 11.1 Å². The first-order valence-corrected chi connectivity index (χ1v) is 8.51. The van der Waals surface area contributed by atoms with Crippen molar-refractivity contribution in [2.45, 2.75) is 32.9 Å². The van der Waals surface area contributed by atoms with E-state index >= 15 is 0 Å². The molecule has 126 valence electrons. The summed E-state index contributed by atoms with van der Waals surface area (Å²) in [5.41, 5.74) is 4.48. The molecule has 1 fully saturated rings. The average Bonchev–Trinajstić information content (AvgIpc) is 2.98. The van der Waals surface area contributed by atoms with E-state index in [1.54, 1.807) is 0 Å². The van der Waals surface area contributed by atoms with Gasteiger partial charge in [0.05, 0.1) is 0 Å². The Balaban J connectivity index is 1.49. The lowest BCUT2D eigenvalue weighted by molar-refractivity contribution is 0.247. The van der Waals surface area contributed by atoms with Crippen molar-refractivity contribution in [2.24, 2.45) is 0 Å². The molecule has 2 aromatic carbocycles. The van der Waals surface area contributed by atoms with Crippen molar-refractivity contribution in [1.29, 1.82) is 0 Å². The van der Waals surface area contributed by atoms with Gasteiger partial charge < -0.3 is 10.6 Å². The van der Waals surface area contributed by atoms with Crippen LogP contribution in [0.25, 0.3) is 0 Å². The summed E-state index contributed by atoms with van der Waals surface area (Å²) in [6, 6.07) is 16.6. The maximum Gasteiger partial charge on any atom is 0.319 e. The number of carbonyl (C=O) groups is 1. The zero-order chi connectivity index (χ0) is 16.9. The molecule has 3 rings (SSSR count). The molecular formula is C20H25N3O. The summed E-state index contributed by atoms with van der Waals surface area (Å²) in [4.78, 5) is 14.6. The van der Waals surface area contributed by atoms with Gasteiger partial charge in [-0.3, -0.25) is 4.90 Å². The minimum Gasteiger partial charge on any atom is -0.334 e. The van der Waals surface area contributed by atoms with Gasteiger partial charge in [-0.05, 0) is 37.5 Å². The van der Waals surface area contributed by atoms with Crippen molar-refractivity contribution >= 4 is 11.7 Å². The number of amides is 2. The van der Waals surface area contributed by atoms with Crippen LogP contribution >= 0.6 is 0 Å². The summed E-state index contributed by atoms with van der Waals surface area (Å²) in [6.45, 7) is 6.92. The van der Waals surface area contributed by atoms with Crippen molar-refractivity contribution < 1.29 is 4.79 Å². The van der Waals surface area contributed by atoms with E-state index in [9.17, 15) is 4.79 Å². The molecule has 2 amide bonds. The summed E-state index contributed by atoms with van der Waals surface area (Å²) < 4.78 is 0. The molecule has 1 saturated heterocycles. The molecule has 1 unspecified atom stereocenters. The number of nitrogens with one attached hydrogen (secondary N) is 2. The van der Waals surface area contributed by atoms with Gasteiger partial charge in [-0.1, -0.05) is 48.0 Å². The van der Waals surface area contributed by atoms with E-state index in [0.29, 0.717) is 0 Å². The largest absolute Gasteiger partial charge is 0.334 e. The highest BCUT2D eigenvalue weighted by atomic mass is 16.2. The van der Waals surface area contributed by atoms with Crippen molar-refractivity contribution in [3.05, 3.63) is 65.2 Å².